The molecular weight excluding hydrogens is 835 g/mol. The summed E-state index contributed by atoms with van der Waals surface area (Å²) < 4.78 is 55.4. The molecule has 6 fully saturated rings. The SMILES string of the molecule is O=C(Cc1sc(CC(=O)Oc2ccc3c4c2O[C@H]2C(=O)CC[C@@]5(O)[C@@H](C3)N(CC3CC3)CC[C@]425)c(F)c1F)Oc1ccc2c3c1O[C@H]1C(=O)CC[C@@]4(O)[C@@H](C2)N(CC2CC2)CC[C@]314. The molecule has 5 heterocycles. The highest BCUT2D eigenvalue weighted by molar-refractivity contribution is 7.12. The number of halogens is 2. The van der Waals surface area contributed by atoms with Gasteiger partial charge in [-0.3, -0.25) is 29.0 Å². The van der Waals surface area contributed by atoms with E-state index in [9.17, 15) is 29.4 Å². The second kappa shape index (κ2) is 13.2. The summed E-state index contributed by atoms with van der Waals surface area (Å²) in [5.41, 5.74) is -1.01. The first-order valence-corrected chi connectivity index (χ1v) is 23.7. The molecule has 63 heavy (non-hydrogen) atoms. The molecule has 15 heteroatoms. The van der Waals surface area contributed by atoms with Crippen LogP contribution in [0.1, 0.15) is 96.2 Å². The molecule has 2 aromatic carbocycles. The highest BCUT2D eigenvalue weighted by Crippen LogP contribution is 2.67. The number of ether oxygens (including phenoxy) is 4. The molecule has 0 radical (unpaired) electrons. The monoisotopic (exact) mass is 882 g/mol. The molecule has 3 aromatic rings. The summed E-state index contributed by atoms with van der Waals surface area (Å²) in [6.45, 7) is 3.27. The minimum atomic E-state index is -1.27. The summed E-state index contributed by atoms with van der Waals surface area (Å²) in [6.07, 6.45) is 4.85. The van der Waals surface area contributed by atoms with Crippen molar-refractivity contribution in [3.63, 3.8) is 0 Å². The number of esters is 2. The number of aliphatic hydroxyl groups is 2. The zero-order valence-corrected chi connectivity index (χ0v) is 35.5. The van der Waals surface area contributed by atoms with Crippen molar-refractivity contribution in [3.8, 4) is 23.0 Å². The maximum Gasteiger partial charge on any atom is 0.316 e. The number of piperidine rings is 2. The van der Waals surface area contributed by atoms with Crippen LogP contribution in [0.5, 0.6) is 23.0 Å². The molecule has 0 unspecified atom stereocenters. The normalized spacial score (nSPS) is 35.4. The largest absolute Gasteiger partial charge is 0.477 e. The number of Topliss-reactive ketones (excluding diaryl/α,β-unsaturated/α-hetero) is 2. The van der Waals surface area contributed by atoms with Crippen LogP contribution >= 0.6 is 11.3 Å². The molecule has 4 bridgehead atoms. The van der Waals surface area contributed by atoms with Crippen LogP contribution in [0.15, 0.2) is 24.3 Å². The fourth-order valence-electron chi connectivity index (χ4n) is 14.0. The van der Waals surface area contributed by atoms with E-state index < -0.39 is 70.7 Å². The fourth-order valence-corrected chi connectivity index (χ4v) is 15.0. The van der Waals surface area contributed by atoms with Crippen LogP contribution < -0.4 is 18.9 Å². The van der Waals surface area contributed by atoms with E-state index in [1.54, 1.807) is 12.1 Å². The standard InChI is InChI=1S/C48H48F2N2O10S/c49-39-31(19-35(55)59-29-7-5-25-17-33-47(57)11-9-27(53)43-45(47,37(25)41(29)61-43)13-15-51(33)21-23-1-2-23)63-32(40(39)50)20-36(56)60-30-8-6-26-18-34-48(58)12-10-28(54)44-46(48,38(26)42(30)62-44)14-16-52(34)22-24-3-4-24/h5-8,23-24,33-34,43-44,57-58H,1-4,9-22H2/t33-,34-,43+,44+,45+,46+,47-,48-/m1/s1. The van der Waals surface area contributed by atoms with Crippen molar-refractivity contribution in [1.29, 1.82) is 0 Å². The molecule has 8 atom stereocenters. The number of hydrogen-bond acceptors (Lipinski definition) is 13. The topological polar surface area (TPSA) is 152 Å². The summed E-state index contributed by atoms with van der Waals surface area (Å²) in [5.74, 6) is -2.66. The van der Waals surface area contributed by atoms with E-state index in [0.717, 1.165) is 24.2 Å². The Hall–Kier alpha value is -4.28. The number of ketones is 2. The van der Waals surface area contributed by atoms with Gasteiger partial charge in [0.15, 0.2) is 58.4 Å². The van der Waals surface area contributed by atoms with Gasteiger partial charge in [-0.15, -0.1) is 11.3 Å². The Balaban J connectivity index is 0.735. The van der Waals surface area contributed by atoms with Crippen molar-refractivity contribution in [2.45, 2.75) is 136 Å². The zero-order valence-electron chi connectivity index (χ0n) is 34.7. The van der Waals surface area contributed by atoms with Crippen molar-refractivity contribution in [2.24, 2.45) is 11.8 Å². The number of thiophene rings is 1. The van der Waals surface area contributed by atoms with Crippen LogP contribution in [0.4, 0.5) is 8.78 Å². The lowest BCUT2D eigenvalue weighted by Gasteiger charge is -2.62. The van der Waals surface area contributed by atoms with Crippen LogP contribution in [0.3, 0.4) is 0 Å². The van der Waals surface area contributed by atoms with Crippen LogP contribution in [0.25, 0.3) is 0 Å². The molecule has 1 aromatic heterocycles. The number of rotatable bonds is 10. The average Bonchev–Trinajstić information content (AvgIpc) is 4.17. The van der Waals surface area contributed by atoms with Gasteiger partial charge in [0.05, 0.1) is 44.6 Å². The molecule has 10 aliphatic rings. The Morgan fingerprint density at radius 1 is 0.683 bits per heavy atom. The van der Waals surface area contributed by atoms with Gasteiger partial charge in [-0.05, 0) is 112 Å². The summed E-state index contributed by atoms with van der Waals surface area (Å²) in [5, 5.41) is 25.1. The molecule has 13 rings (SSSR count). The van der Waals surface area contributed by atoms with Gasteiger partial charge in [-0.25, -0.2) is 8.78 Å². The van der Waals surface area contributed by atoms with Gasteiger partial charge in [0, 0.05) is 49.1 Å². The predicted octanol–water partition coefficient (Wildman–Crippen LogP) is 4.59. The maximum absolute atomic E-state index is 15.5. The molecule has 12 nitrogen and oxygen atoms in total. The van der Waals surface area contributed by atoms with E-state index in [4.69, 9.17) is 18.9 Å². The highest BCUT2D eigenvalue weighted by atomic mass is 32.1. The molecule has 330 valence electrons. The Morgan fingerprint density at radius 2 is 1.11 bits per heavy atom. The van der Waals surface area contributed by atoms with E-state index in [1.807, 2.05) is 12.1 Å². The summed E-state index contributed by atoms with van der Waals surface area (Å²) >= 11 is 0.631. The van der Waals surface area contributed by atoms with Gasteiger partial charge >= 0.3 is 11.9 Å². The predicted molar refractivity (Wildman–Crippen MR) is 219 cm³/mol. The molecule has 2 spiro atoms. The molecular formula is C48H48F2N2O10S. The second-order valence-electron chi connectivity index (χ2n) is 20.3. The lowest BCUT2D eigenvalue weighted by atomic mass is 9.49. The number of carbonyl (C=O) groups excluding carboxylic acids is 4. The van der Waals surface area contributed by atoms with Gasteiger partial charge in [0.25, 0.3) is 0 Å². The van der Waals surface area contributed by atoms with E-state index in [-0.39, 0.29) is 69.2 Å². The number of hydrogen-bond donors (Lipinski definition) is 2. The van der Waals surface area contributed by atoms with E-state index in [1.165, 1.54) is 25.7 Å². The second-order valence-corrected chi connectivity index (χ2v) is 21.5. The van der Waals surface area contributed by atoms with Crippen LogP contribution in [-0.4, -0.2) is 105 Å². The molecule has 0 amide bonds. The Kier molecular flexibility index (Phi) is 8.18. The van der Waals surface area contributed by atoms with Crippen molar-refractivity contribution in [3.05, 3.63) is 67.9 Å². The number of likely N-dealkylation sites (tertiary alicyclic amines) is 2. The third-order valence-corrected chi connectivity index (χ3v) is 18.2. The Morgan fingerprint density at radius 3 is 1.52 bits per heavy atom. The summed E-state index contributed by atoms with van der Waals surface area (Å²) in [7, 11) is 0. The van der Waals surface area contributed by atoms with Gasteiger partial charge in [-0.1, -0.05) is 12.1 Å². The van der Waals surface area contributed by atoms with E-state index >= 15 is 8.78 Å². The molecule has 4 saturated carbocycles. The highest BCUT2D eigenvalue weighted by Gasteiger charge is 2.75. The summed E-state index contributed by atoms with van der Waals surface area (Å²) in [6, 6.07) is 6.61. The average molecular weight is 883 g/mol. The minimum Gasteiger partial charge on any atom is -0.477 e. The third-order valence-electron chi connectivity index (χ3n) is 17.1. The van der Waals surface area contributed by atoms with Crippen molar-refractivity contribution >= 4 is 34.8 Å². The first-order chi connectivity index (χ1) is 30.3. The van der Waals surface area contributed by atoms with Gasteiger partial charge in [-0.2, -0.15) is 0 Å². The zero-order chi connectivity index (χ0) is 42.9. The first-order valence-electron chi connectivity index (χ1n) is 22.8. The quantitative estimate of drug-likeness (QED) is 0.217. The maximum atomic E-state index is 15.5. The smallest absolute Gasteiger partial charge is 0.316 e. The van der Waals surface area contributed by atoms with Gasteiger partial charge < -0.3 is 29.2 Å². The van der Waals surface area contributed by atoms with Crippen LogP contribution in [0, 0.1) is 23.5 Å². The number of nitrogens with zero attached hydrogens (tertiary/aromatic N) is 2. The molecule has 2 N–H and O–H groups in total. The summed E-state index contributed by atoms with van der Waals surface area (Å²) in [4.78, 5) is 58.3. The Labute approximate surface area is 365 Å². The number of benzene rings is 2. The Bertz CT molecular complexity index is 2420. The molecule has 4 aliphatic heterocycles. The van der Waals surface area contributed by atoms with E-state index in [2.05, 4.69) is 9.80 Å². The van der Waals surface area contributed by atoms with Gasteiger partial charge in [0.1, 0.15) is 0 Å². The lowest BCUT2D eigenvalue weighted by Crippen LogP contribution is -2.76. The molecule has 2 saturated heterocycles. The fraction of sp³-hybridized carbons (Fsp3) is 0.583. The van der Waals surface area contributed by atoms with Crippen molar-refractivity contribution in [2.75, 3.05) is 26.2 Å². The van der Waals surface area contributed by atoms with Crippen LogP contribution in [0.2, 0.25) is 0 Å². The number of carbonyl (C=O) groups is 4. The van der Waals surface area contributed by atoms with Crippen molar-refractivity contribution in [1.82, 2.24) is 9.80 Å². The lowest BCUT2D eigenvalue weighted by molar-refractivity contribution is -0.188. The van der Waals surface area contributed by atoms with Gasteiger partial charge in [0.2, 0.25) is 0 Å². The first kappa shape index (κ1) is 39.1. The van der Waals surface area contributed by atoms with Crippen LogP contribution in [-0.2, 0) is 55.7 Å². The van der Waals surface area contributed by atoms with E-state index in [0.29, 0.717) is 85.9 Å². The van der Waals surface area contributed by atoms with Crippen molar-refractivity contribution < 1.29 is 57.1 Å². The molecule has 6 aliphatic carbocycles. The third kappa shape index (κ3) is 5.20. The minimum absolute atomic E-state index is 0.0528.